The normalized spacial score (nSPS) is 11.0. The number of amides is 2. The fourth-order valence-corrected chi connectivity index (χ4v) is 3.29. The minimum Gasteiger partial charge on any atom is -0.478 e. The zero-order valence-electron chi connectivity index (χ0n) is 13.1. The van der Waals surface area contributed by atoms with Crippen molar-refractivity contribution in [3.05, 3.63) is 44.8 Å². The molecule has 25 heavy (non-hydrogen) atoms. The molecule has 1 aromatic carbocycles. The molecule has 0 unspecified atom stereocenters. The second-order valence-electron chi connectivity index (χ2n) is 4.89. The summed E-state index contributed by atoms with van der Waals surface area (Å²) in [5.74, 6) is -1.48. The van der Waals surface area contributed by atoms with Crippen molar-refractivity contribution in [1.29, 1.82) is 0 Å². The molecule has 0 aliphatic rings. The van der Waals surface area contributed by atoms with Gasteiger partial charge in [-0.05, 0) is 48.6 Å². The summed E-state index contributed by atoms with van der Waals surface area (Å²) in [6.07, 6.45) is 0. The number of rotatable bonds is 4. The van der Waals surface area contributed by atoms with Crippen LogP contribution < -0.4 is 10.0 Å². The van der Waals surface area contributed by atoms with Crippen LogP contribution >= 0.6 is 22.6 Å². The highest BCUT2D eigenvalue weighted by Gasteiger charge is 2.24. The Morgan fingerprint density at radius 2 is 1.68 bits per heavy atom. The third-order valence-electron chi connectivity index (χ3n) is 3.04. The lowest BCUT2D eigenvalue weighted by Gasteiger charge is -2.11. The first kappa shape index (κ1) is 19.1. The highest BCUT2D eigenvalue weighted by atomic mass is 127. The molecule has 0 bridgehead atoms. The van der Waals surface area contributed by atoms with Crippen molar-refractivity contribution in [3.8, 4) is 0 Å². The molecule has 2 aromatic rings. The first-order chi connectivity index (χ1) is 11.6. The van der Waals surface area contributed by atoms with Crippen molar-refractivity contribution >= 4 is 50.6 Å². The van der Waals surface area contributed by atoms with Crippen LogP contribution in [0.4, 0.5) is 10.7 Å². The van der Waals surface area contributed by atoms with Crippen LogP contribution in [-0.2, 0) is 10.0 Å². The summed E-state index contributed by atoms with van der Waals surface area (Å²) in [4.78, 5) is 30.7. The van der Waals surface area contributed by atoms with Crippen molar-refractivity contribution in [1.82, 2.24) is 14.7 Å². The SMILES string of the molecule is Cc1nc(NC(=O)NS(=O)(=O)c2ccccc2C(=O)O)nc(C)c1I. The van der Waals surface area contributed by atoms with Gasteiger partial charge in [0.05, 0.1) is 20.5 Å². The molecular formula is C14H13IN4O5S. The lowest BCUT2D eigenvalue weighted by atomic mass is 10.2. The number of carbonyl (C=O) groups is 2. The fraction of sp³-hybridized carbons (Fsp3) is 0.143. The van der Waals surface area contributed by atoms with Gasteiger partial charge in [0.1, 0.15) is 4.90 Å². The molecule has 0 spiro atoms. The average molecular weight is 476 g/mol. The summed E-state index contributed by atoms with van der Waals surface area (Å²) in [7, 11) is -4.38. The van der Waals surface area contributed by atoms with Crippen LogP contribution in [0.3, 0.4) is 0 Å². The summed E-state index contributed by atoms with van der Waals surface area (Å²) in [5.41, 5.74) is 0.810. The number of hydrogen-bond acceptors (Lipinski definition) is 6. The fourth-order valence-electron chi connectivity index (χ4n) is 1.94. The molecule has 0 aliphatic carbocycles. The number of carboxylic acids is 1. The molecule has 0 atom stereocenters. The number of aryl methyl sites for hydroxylation is 2. The van der Waals surface area contributed by atoms with Gasteiger partial charge in [0, 0.05) is 0 Å². The molecule has 2 amide bonds. The molecule has 0 saturated carbocycles. The number of halogens is 1. The molecule has 0 saturated heterocycles. The molecule has 0 fully saturated rings. The number of hydrogen-bond donors (Lipinski definition) is 3. The van der Waals surface area contributed by atoms with Gasteiger partial charge in [-0.1, -0.05) is 12.1 Å². The van der Waals surface area contributed by atoms with E-state index in [2.05, 4.69) is 37.9 Å². The van der Waals surface area contributed by atoms with E-state index in [0.717, 1.165) is 15.7 Å². The second kappa shape index (κ2) is 7.31. The molecule has 0 aliphatic heterocycles. The quantitative estimate of drug-likeness (QED) is 0.573. The standard InChI is InChI=1S/C14H13IN4O5S/c1-7-11(15)8(2)17-13(16-7)18-14(22)19-25(23,24)10-6-4-3-5-9(10)12(20)21/h3-6H,1-2H3,(H,20,21)(H2,16,17,18,19,22). The highest BCUT2D eigenvalue weighted by Crippen LogP contribution is 2.16. The number of carbonyl (C=O) groups excluding carboxylic acids is 1. The first-order valence-corrected chi connectivity index (χ1v) is 9.35. The average Bonchev–Trinajstić information content (AvgIpc) is 2.51. The van der Waals surface area contributed by atoms with Gasteiger partial charge in [0.15, 0.2) is 0 Å². The van der Waals surface area contributed by atoms with Gasteiger partial charge in [-0.2, -0.15) is 0 Å². The maximum absolute atomic E-state index is 12.3. The molecule has 3 N–H and O–H groups in total. The van der Waals surface area contributed by atoms with Gasteiger partial charge in [0.2, 0.25) is 5.95 Å². The van der Waals surface area contributed by atoms with E-state index in [1.807, 2.05) is 0 Å². The van der Waals surface area contributed by atoms with Crippen LogP contribution in [0.1, 0.15) is 21.7 Å². The summed E-state index contributed by atoms with van der Waals surface area (Å²) >= 11 is 2.05. The Labute approximate surface area is 157 Å². The number of aromatic nitrogens is 2. The molecule has 0 radical (unpaired) electrons. The zero-order valence-corrected chi connectivity index (χ0v) is 16.0. The van der Waals surface area contributed by atoms with E-state index in [0.29, 0.717) is 11.4 Å². The molecule has 1 aromatic heterocycles. The van der Waals surface area contributed by atoms with E-state index in [-0.39, 0.29) is 5.95 Å². The van der Waals surface area contributed by atoms with Crippen LogP contribution in [0.2, 0.25) is 0 Å². The number of aromatic carboxylic acids is 1. The third kappa shape index (κ3) is 4.42. The Bertz CT molecular complexity index is 938. The summed E-state index contributed by atoms with van der Waals surface area (Å²) in [6, 6.07) is 3.86. The predicted molar refractivity (Wildman–Crippen MR) is 97.0 cm³/mol. The first-order valence-electron chi connectivity index (χ1n) is 6.78. The predicted octanol–water partition coefficient (Wildman–Crippen LogP) is 1.91. The van der Waals surface area contributed by atoms with Gasteiger partial charge in [-0.25, -0.2) is 32.7 Å². The van der Waals surface area contributed by atoms with Gasteiger partial charge in [-0.3, -0.25) is 5.32 Å². The summed E-state index contributed by atoms with van der Waals surface area (Å²) in [5, 5.41) is 11.3. The number of nitrogens with one attached hydrogen (secondary N) is 2. The van der Waals surface area contributed by atoms with Crippen LogP contribution in [0, 0.1) is 17.4 Å². The third-order valence-corrected chi connectivity index (χ3v) is 5.99. The van der Waals surface area contributed by atoms with Crippen molar-refractivity contribution in [3.63, 3.8) is 0 Å². The lowest BCUT2D eigenvalue weighted by molar-refractivity contribution is 0.0692. The topological polar surface area (TPSA) is 138 Å². The molecule has 132 valence electrons. The number of benzene rings is 1. The molecule has 2 rings (SSSR count). The minimum absolute atomic E-state index is 0.0605. The second-order valence-corrected chi connectivity index (χ2v) is 7.62. The van der Waals surface area contributed by atoms with Crippen LogP contribution in [0.15, 0.2) is 29.2 Å². The maximum Gasteiger partial charge on any atom is 0.337 e. The number of carboxylic acid groups (broad SMARTS) is 1. The Morgan fingerprint density at radius 1 is 1.12 bits per heavy atom. The highest BCUT2D eigenvalue weighted by molar-refractivity contribution is 14.1. The number of nitrogens with zero attached hydrogens (tertiary/aromatic N) is 2. The largest absolute Gasteiger partial charge is 0.478 e. The Morgan fingerprint density at radius 3 is 2.24 bits per heavy atom. The van der Waals surface area contributed by atoms with E-state index in [4.69, 9.17) is 5.11 Å². The maximum atomic E-state index is 12.3. The number of sulfonamides is 1. The molecule has 11 heteroatoms. The number of anilines is 1. The van der Waals surface area contributed by atoms with Crippen LogP contribution in [0.5, 0.6) is 0 Å². The van der Waals surface area contributed by atoms with Gasteiger partial charge in [-0.15, -0.1) is 0 Å². The van der Waals surface area contributed by atoms with Crippen LogP contribution in [-0.4, -0.2) is 35.5 Å². The summed E-state index contributed by atoms with van der Waals surface area (Å²) < 4.78 is 27.1. The molecule has 9 nitrogen and oxygen atoms in total. The van der Waals surface area contributed by atoms with E-state index in [1.165, 1.54) is 12.1 Å². The summed E-state index contributed by atoms with van der Waals surface area (Å²) in [6.45, 7) is 3.44. The zero-order chi connectivity index (χ0) is 18.8. The van der Waals surface area contributed by atoms with E-state index >= 15 is 0 Å². The Hall–Kier alpha value is -2.28. The van der Waals surface area contributed by atoms with Crippen molar-refractivity contribution in [2.45, 2.75) is 18.7 Å². The van der Waals surface area contributed by atoms with Gasteiger partial charge >= 0.3 is 12.0 Å². The van der Waals surface area contributed by atoms with E-state index in [9.17, 15) is 18.0 Å². The van der Waals surface area contributed by atoms with Crippen LogP contribution in [0.25, 0.3) is 0 Å². The van der Waals surface area contributed by atoms with Gasteiger partial charge < -0.3 is 5.11 Å². The van der Waals surface area contributed by atoms with E-state index in [1.54, 1.807) is 18.6 Å². The minimum atomic E-state index is -4.38. The lowest BCUT2D eigenvalue weighted by Crippen LogP contribution is -2.35. The van der Waals surface area contributed by atoms with Crippen molar-refractivity contribution < 1.29 is 23.1 Å². The van der Waals surface area contributed by atoms with Gasteiger partial charge in [0.25, 0.3) is 10.0 Å². The Kier molecular flexibility index (Phi) is 5.57. The Balaban J connectivity index is 2.24. The smallest absolute Gasteiger partial charge is 0.337 e. The van der Waals surface area contributed by atoms with E-state index < -0.39 is 32.5 Å². The monoisotopic (exact) mass is 476 g/mol. The van der Waals surface area contributed by atoms with Crippen molar-refractivity contribution in [2.24, 2.45) is 0 Å². The van der Waals surface area contributed by atoms with Crippen molar-refractivity contribution in [2.75, 3.05) is 5.32 Å². The number of urea groups is 1. The molecular weight excluding hydrogens is 463 g/mol. The molecule has 1 heterocycles.